The molecule has 8 nitrogen and oxygen atoms in total. The molecule has 0 bridgehead atoms. The maximum atomic E-state index is 11.5. The Morgan fingerprint density at radius 1 is 1.39 bits per heavy atom. The highest BCUT2D eigenvalue weighted by Gasteiger charge is 2.26. The Bertz CT molecular complexity index is 1270. The average molecular weight is 437 g/mol. The summed E-state index contributed by atoms with van der Waals surface area (Å²) in [5.41, 5.74) is 4.27. The summed E-state index contributed by atoms with van der Waals surface area (Å²) in [5.74, 6) is 0.757. The molecule has 1 atom stereocenters. The summed E-state index contributed by atoms with van der Waals surface area (Å²) in [6.45, 7) is 6.26. The monoisotopic (exact) mass is 436 g/mol. The number of benzene rings is 1. The second-order valence-electron chi connectivity index (χ2n) is 7.94. The Balaban J connectivity index is 1.40. The normalized spacial score (nSPS) is 16.9. The average Bonchev–Trinajstić information content (AvgIpc) is 3.40. The van der Waals surface area contributed by atoms with Crippen molar-refractivity contribution in [2.45, 2.75) is 26.5 Å². The summed E-state index contributed by atoms with van der Waals surface area (Å²) >= 11 is 1.63. The maximum absolute atomic E-state index is 11.5. The molecule has 4 heterocycles. The second-order valence-corrected chi connectivity index (χ2v) is 9.11. The highest BCUT2D eigenvalue weighted by molar-refractivity contribution is 7.18. The Labute approximate surface area is 183 Å². The van der Waals surface area contributed by atoms with Crippen molar-refractivity contribution >= 4 is 44.3 Å². The predicted molar refractivity (Wildman–Crippen MR) is 121 cm³/mol. The van der Waals surface area contributed by atoms with Gasteiger partial charge in [0.2, 0.25) is 11.9 Å². The first kappa shape index (κ1) is 19.9. The molecule has 1 saturated heterocycles. The van der Waals surface area contributed by atoms with Crippen LogP contribution >= 0.6 is 11.3 Å². The zero-order valence-electron chi connectivity index (χ0n) is 17.8. The number of nitrogens with one attached hydrogen (secondary N) is 1. The minimum Gasteiger partial charge on any atom is -0.370 e. The number of morpholine rings is 1. The van der Waals surface area contributed by atoms with Gasteiger partial charge >= 0.3 is 0 Å². The van der Waals surface area contributed by atoms with E-state index in [1.165, 1.54) is 5.56 Å². The number of amides is 1. The predicted octanol–water partition coefficient (Wildman–Crippen LogP) is 3.43. The summed E-state index contributed by atoms with van der Waals surface area (Å²) in [7, 11) is 1.81. The summed E-state index contributed by atoms with van der Waals surface area (Å²) in [5, 5.41) is 8.40. The van der Waals surface area contributed by atoms with Crippen LogP contribution in [-0.2, 0) is 16.1 Å². The molecular formula is C22H24N6O2S. The van der Waals surface area contributed by atoms with Gasteiger partial charge in [-0.3, -0.25) is 9.89 Å². The lowest BCUT2D eigenvalue weighted by molar-refractivity contribution is -0.128. The molecule has 0 saturated carbocycles. The van der Waals surface area contributed by atoms with Crippen LogP contribution in [0.5, 0.6) is 0 Å². The van der Waals surface area contributed by atoms with Crippen molar-refractivity contribution in [3.8, 4) is 0 Å². The molecule has 0 radical (unpaired) electrons. The first-order chi connectivity index (χ1) is 15.0. The van der Waals surface area contributed by atoms with E-state index in [9.17, 15) is 4.79 Å². The molecule has 1 aromatic carbocycles. The molecule has 1 aliphatic heterocycles. The molecule has 4 aromatic rings. The Kier molecular flexibility index (Phi) is 5.07. The number of carbonyl (C=O) groups is 1. The minimum atomic E-state index is -0.0731. The molecule has 3 aromatic heterocycles. The third-order valence-corrected chi connectivity index (χ3v) is 6.84. The van der Waals surface area contributed by atoms with E-state index in [2.05, 4.69) is 45.2 Å². The maximum Gasteiger partial charge on any atom is 0.226 e. The molecule has 31 heavy (non-hydrogen) atoms. The second kappa shape index (κ2) is 7.90. The van der Waals surface area contributed by atoms with Crippen LogP contribution < -0.4 is 4.90 Å². The highest BCUT2D eigenvalue weighted by Crippen LogP contribution is 2.32. The molecule has 1 aliphatic rings. The summed E-state index contributed by atoms with van der Waals surface area (Å²) in [6.07, 6.45) is 3.67. The lowest BCUT2D eigenvalue weighted by atomic mass is 10.0. The number of aryl methyl sites for hydroxylation is 1. The van der Waals surface area contributed by atoms with E-state index in [1.807, 2.05) is 12.4 Å². The van der Waals surface area contributed by atoms with E-state index in [0.717, 1.165) is 38.1 Å². The van der Waals surface area contributed by atoms with Gasteiger partial charge in [0.15, 0.2) is 0 Å². The van der Waals surface area contributed by atoms with Crippen molar-refractivity contribution in [1.29, 1.82) is 0 Å². The first-order valence-electron chi connectivity index (χ1n) is 10.3. The molecular weight excluding hydrogens is 412 g/mol. The SMILES string of the molecule is CC(=O)N(C)Cc1cc2nc(N3CCOC(c4ccc(C)c5[nH]ncc45)C3)ncc2s1. The van der Waals surface area contributed by atoms with E-state index >= 15 is 0 Å². The molecule has 1 unspecified atom stereocenters. The van der Waals surface area contributed by atoms with Gasteiger partial charge in [-0.05, 0) is 24.1 Å². The minimum absolute atomic E-state index is 0.0476. The lowest BCUT2D eigenvalue weighted by Gasteiger charge is -2.33. The number of anilines is 1. The van der Waals surface area contributed by atoms with Crippen LogP contribution in [0.1, 0.15) is 29.0 Å². The molecule has 0 spiro atoms. The molecule has 1 fully saturated rings. The third-order valence-electron chi connectivity index (χ3n) is 5.79. The summed E-state index contributed by atoms with van der Waals surface area (Å²) in [4.78, 5) is 25.9. The van der Waals surface area contributed by atoms with Crippen LogP contribution in [0.15, 0.2) is 30.6 Å². The van der Waals surface area contributed by atoms with Crippen molar-refractivity contribution < 1.29 is 9.53 Å². The first-order valence-corrected chi connectivity index (χ1v) is 11.1. The van der Waals surface area contributed by atoms with Crippen molar-refractivity contribution in [2.75, 3.05) is 31.6 Å². The molecule has 1 N–H and O–H groups in total. The van der Waals surface area contributed by atoms with Gasteiger partial charge in [0.1, 0.15) is 6.10 Å². The number of aromatic nitrogens is 4. The lowest BCUT2D eigenvalue weighted by Crippen LogP contribution is -2.39. The number of aromatic amines is 1. The van der Waals surface area contributed by atoms with Crippen LogP contribution in [0.2, 0.25) is 0 Å². The number of hydrogen-bond donors (Lipinski definition) is 1. The standard InChI is InChI=1S/C22H24N6O2S/c1-13-4-5-16(17-9-24-26-21(13)17)19-12-28(6-7-30-19)22-23-10-20-18(25-22)8-15(31-20)11-27(3)14(2)29/h4-5,8-10,19H,6-7,11-12H2,1-3H3,(H,24,26). The van der Waals surface area contributed by atoms with Gasteiger partial charge in [0.05, 0.1) is 47.8 Å². The fourth-order valence-corrected chi connectivity index (χ4v) is 4.97. The number of hydrogen-bond acceptors (Lipinski definition) is 7. The van der Waals surface area contributed by atoms with Gasteiger partial charge in [-0.25, -0.2) is 9.97 Å². The molecule has 5 rings (SSSR count). The summed E-state index contributed by atoms with van der Waals surface area (Å²) < 4.78 is 7.14. The van der Waals surface area contributed by atoms with Crippen LogP contribution in [0.3, 0.4) is 0 Å². The topological polar surface area (TPSA) is 87.2 Å². The van der Waals surface area contributed by atoms with Crippen LogP contribution in [-0.4, -0.2) is 57.7 Å². The van der Waals surface area contributed by atoms with Crippen molar-refractivity contribution in [1.82, 2.24) is 25.1 Å². The zero-order valence-corrected chi connectivity index (χ0v) is 18.6. The van der Waals surface area contributed by atoms with Gasteiger partial charge < -0.3 is 14.5 Å². The van der Waals surface area contributed by atoms with Crippen LogP contribution in [0, 0.1) is 6.92 Å². The number of nitrogens with zero attached hydrogens (tertiary/aromatic N) is 5. The van der Waals surface area contributed by atoms with Gasteiger partial charge in [0.25, 0.3) is 0 Å². The third kappa shape index (κ3) is 3.75. The zero-order chi connectivity index (χ0) is 21.5. The largest absolute Gasteiger partial charge is 0.370 e. The van der Waals surface area contributed by atoms with Crippen molar-refractivity contribution in [3.05, 3.63) is 46.6 Å². The van der Waals surface area contributed by atoms with Crippen LogP contribution in [0.25, 0.3) is 21.1 Å². The number of rotatable bonds is 4. The van der Waals surface area contributed by atoms with Gasteiger partial charge in [-0.1, -0.05) is 12.1 Å². The van der Waals surface area contributed by atoms with Crippen LogP contribution in [0.4, 0.5) is 5.95 Å². The van der Waals surface area contributed by atoms with E-state index < -0.39 is 0 Å². The van der Waals surface area contributed by atoms with Gasteiger partial charge in [-0.2, -0.15) is 5.10 Å². The fraction of sp³-hybridized carbons (Fsp3) is 0.364. The Morgan fingerprint density at radius 2 is 2.26 bits per heavy atom. The highest BCUT2D eigenvalue weighted by atomic mass is 32.1. The number of thiophene rings is 1. The number of carbonyl (C=O) groups excluding carboxylic acids is 1. The Morgan fingerprint density at radius 3 is 3.10 bits per heavy atom. The van der Waals surface area contributed by atoms with Crippen molar-refractivity contribution in [2.24, 2.45) is 0 Å². The van der Waals surface area contributed by atoms with Gasteiger partial charge in [0, 0.05) is 30.8 Å². The molecule has 0 aliphatic carbocycles. The van der Waals surface area contributed by atoms with E-state index in [1.54, 1.807) is 30.2 Å². The summed E-state index contributed by atoms with van der Waals surface area (Å²) in [6, 6.07) is 6.28. The van der Waals surface area contributed by atoms with E-state index in [0.29, 0.717) is 25.6 Å². The Hall–Kier alpha value is -3.04. The molecule has 9 heteroatoms. The fourth-order valence-electron chi connectivity index (χ4n) is 3.95. The van der Waals surface area contributed by atoms with E-state index in [-0.39, 0.29) is 12.0 Å². The van der Waals surface area contributed by atoms with Crippen molar-refractivity contribution in [3.63, 3.8) is 0 Å². The number of fused-ring (bicyclic) bond motifs is 2. The number of ether oxygens (including phenoxy) is 1. The quantitative estimate of drug-likeness (QED) is 0.527. The smallest absolute Gasteiger partial charge is 0.226 e. The van der Waals surface area contributed by atoms with Gasteiger partial charge in [-0.15, -0.1) is 11.3 Å². The molecule has 160 valence electrons. The molecule has 1 amide bonds. The number of H-pyrrole nitrogens is 1. The van der Waals surface area contributed by atoms with E-state index in [4.69, 9.17) is 9.72 Å².